The molecule has 0 fully saturated rings. The Kier molecular flexibility index (Phi) is 2.73. The molecule has 0 bridgehead atoms. The van der Waals surface area contributed by atoms with Gasteiger partial charge >= 0.3 is 6.18 Å². The number of hydrogen-bond donors (Lipinski definition) is 0. The van der Waals surface area contributed by atoms with Crippen molar-refractivity contribution in [2.45, 2.75) is 6.18 Å². The van der Waals surface area contributed by atoms with Gasteiger partial charge in [-0.2, -0.15) is 18.4 Å². The number of thiophene rings is 1. The lowest BCUT2D eigenvalue weighted by atomic mass is 10.2. The van der Waals surface area contributed by atoms with Crippen LogP contribution in [-0.2, 0) is 0 Å². The van der Waals surface area contributed by atoms with Crippen molar-refractivity contribution in [3.63, 3.8) is 0 Å². The molecule has 0 aliphatic rings. The van der Waals surface area contributed by atoms with E-state index in [0.717, 1.165) is 11.3 Å². The number of allylic oxidation sites excluding steroid dienone is 2. The zero-order chi connectivity index (χ0) is 9.90. The normalized spacial score (nSPS) is 12.6. The van der Waals surface area contributed by atoms with Crippen LogP contribution in [-0.4, -0.2) is 6.18 Å². The Balaban J connectivity index is 3.11. The summed E-state index contributed by atoms with van der Waals surface area (Å²) in [7, 11) is 0. The van der Waals surface area contributed by atoms with Gasteiger partial charge in [0.05, 0.1) is 11.6 Å². The van der Waals surface area contributed by atoms with E-state index < -0.39 is 11.7 Å². The van der Waals surface area contributed by atoms with Crippen molar-refractivity contribution in [2.75, 3.05) is 0 Å². The fourth-order valence-corrected chi connectivity index (χ4v) is 1.55. The third kappa shape index (κ3) is 2.33. The molecular weight excluding hydrogens is 199 g/mol. The topological polar surface area (TPSA) is 23.8 Å². The van der Waals surface area contributed by atoms with E-state index in [1.165, 1.54) is 23.6 Å². The van der Waals surface area contributed by atoms with E-state index in [4.69, 9.17) is 5.26 Å². The van der Waals surface area contributed by atoms with Gasteiger partial charge in [-0.1, -0.05) is 6.07 Å². The number of hydrogen-bond acceptors (Lipinski definition) is 2. The van der Waals surface area contributed by atoms with Crippen molar-refractivity contribution < 1.29 is 13.2 Å². The Morgan fingerprint density at radius 1 is 1.54 bits per heavy atom. The number of rotatable bonds is 1. The minimum atomic E-state index is -4.46. The molecule has 0 aliphatic heterocycles. The summed E-state index contributed by atoms with van der Waals surface area (Å²) in [5.41, 5.74) is -0.884. The number of nitriles is 1. The van der Waals surface area contributed by atoms with Gasteiger partial charge in [0, 0.05) is 11.0 Å². The third-order valence-corrected chi connectivity index (χ3v) is 2.20. The van der Waals surface area contributed by atoms with Gasteiger partial charge in [0.1, 0.15) is 0 Å². The van der Waals surface area contributed by atoms with Crippen LogP contribution in [0.1, 0.15) is 4.88 Å². The van der Waals surface area contributed by atoms with E-state index in [1.807, 2.05) is 0 Å². The maximum atomic E-state index is 12.3. The minimum Gasteiger partial charge on any atom is -0.193 e. The standard InChI is InChI=1S/C8H4F3NS/c9-8(10,11)6(3-4-12)7-2-1-5-13-7/h1-3,5H/b6-3+. The quantitative estimate of drug-likeness (QED) is 0.643. The zero-order valence-corrected chi connectivity index (χ0v) is 7.12. The SMILES string of the molecule is N#C/C=C(\c1cccs1)C(F)(F)F. The number of nitrogens with zero attached hydrogens (tertiary/aromatic N) is 1. The van der Waals surface area contributed by atoms with E-state index in [-0.39, 0.29) is 4.88 Å². The molecule has 0 atom stereocenters. The molecule has 0 aliphatic carbocycles. The summed E-state index contributed by atoms with van der Waals surface area (Å²) in [6.07, 6.45) is -3.94. The molecule has 1 aromatic heterocycles. The van der Waals surface area contributed by atoms with E-state index >= 15 is 0 Å². The Bertz CT molecular complexity index is 342. The Labute approximate surface area is 76.7 Å². The highest BCUT2D eigenvalue weighted by Crippen LogP contribution is 2.35. The lowest BCUT2D eigenvalue weighted by Crippen LogP contribution is -2.09. The van der Waals surface area contributed by atoms with Gasteiger partial charge in [-0.25, -0.2) is 0 Å². The molecule has 0 N–H and O–H groups in total. The summed E-state index contributed by atoms with van der Waals surface area (Å²) in [5.74, 6) is 0. The zero-order valence-electron chi connectivity index (χ0n) is 6.30. The van der Waals surface area contributed by atoms with Crippen LogP contribution >= 0.6 is 11.3 Å². The van der Waals surface area contributed by atoms with Gasteiger partial charge in [0.2, 0.25) is 0 Å². The molecule has 0 aromatic carbocycles. The van der Waals surface area contributed by atoms with Crippen LogP contribution in [0.25, 0.3) is 5.57 Å². The predicted molar refractivity (Wildman–Crippen MR) is 44.0 cm³/mol. The first kappa shape index (κ1) is 9.81. The van der Waals surface area contributed by atoms with Crippen molar-refractivity contribution in [1.29, 1.82) is 5.26 Å². The van der Waals surface area contributed by atoms with Crippen molar-refractivity contribution in [1.82, 2.24) is 0 Å². The molecular formula is C8H4F3NS. The average molecular weight is 203 g/mol. The van der Waals surface area contributed by atoms with Crippen LogP contribution in [0.5, 0.6) is 0 Å². The van der Waals surface area contributed by atoms with Gasteiger partial charge in [0.15, 0.2) is 0 Å². The summed E-state index contributed by atoms with van der Waals surface area (Å²) >= 11 is 0.958. The smallest absolute Gasteiger partial charge is 0.193 e. The van der Waals surface area contributed by atoms with Crippen LogP contribution in [0.2, 0.25) is 0 Å². The van der Waals surface area contributed by atoms with Crippen LogP contribution in [0, 0.1) is 11.3 Å². The summed E-state index contributed by atoms with van der Waals surface area (Å²) < 4.78 is 36.8. The van der Waals surface area contributed by atoms with Crippen molar-refractivity contribution in [3.05, 3.63) is 28.5 Å². The van der Waals surface area contributed by atoms with Gasteiger partial charge < -0.3 is 0 Å². The fourth-order valence-electron chi connectivity index (χ4n) is 0.789. The maximum absolute atomic E-state index is 12.3. The molecule has 0 amide bonds. The summed E-state index contributed by atoms with van der Waals surface area (Å²) in [6.45, 7) is 0. The average Bonchev–Trinajstić information content (AvgIpc) is 2.49. The second kappa shape index (κ2) is 3.62. The molecule has 0 radical (unpaired) electrons. The van der Waals surface area contributed by atoms with Crippen LogP contribution in [0.15, 0.2) is 23.6 Å². The molecule has 68 valence electrons. The second-order valence-electron chi connectivity index (χ2n) is 2.16. The van der Waals surface area contributed by atoms with Crippen molar-refractivity contribution in [2.24, 2.45) is 0 Å². The molecule has 0 saturated heterocycles. The Morgan fingerprint density at radius 3 is 2.62 bits per heavy atom. The molecule has 0 unspecified atom stereocenters. The predicted octanol–water partition coefficient (Wildman–Crippen LogP) is 3.22. The first-order chi connectivity index (χ1) is 6.05. The third-order valence-electron chi connectivity index (χ3n) is 1.30. The van der Waals surface area contributed by atoms with Gasteiger partial charge in [-0.15, -0.1) is 11.3 Å². The molecule has 13 heavy (non-hydrogen) atoms. The van der Waals surface area contributed by atoms with Gasteiger partial charge in [-0.3, -0.25) is 0 Å². The molecule has 1 rings (SSSR count). The minimum absolute atomic E-state index is 0.0639. The molecule has 1 nitrogen and oxygen atoms in total. The van der Waals surface area contributed by atoms with Crippen LogP contribution in [0.4, 0.5) is 13.2 Å². The lowest BCUT2D eigenvalue weighted by molar-refractivity contribution is -0.0686. The molecule has 0 saturated carbocycles. The highest BCUT2D eigenvalue weighted by molar-refractivity contribution is 7.11. The van der Waals surface area contributed by atoms with E-state index in [9.17, 15) is 13.2 Å². The molecule has 0 spiro atoms. The molecule has 1 heterocycles. The highest BCUT2D eigenvalue weighted by Gasteiger charge is 2.35. The van der Waals surface area contributed by atoms with Gasteiger partial charge in [-0.05, 0) is 11.4 Å². The van der Waals surface area contributed by atoms with E-state index in [1.54, 1.807) is 0 Å². The second-order valence-corrected chi connectivity index (χ2v) is 3.11. The fraction of sp³-hybridized carbons (Fsp3) is 0.125. The summed E-state index contributed by atoms with van der Waals surface area (Å²) in [5, 5.41) is 9.71. The first-order valence-electron chi connectivity index (χ1n) is 3.26. The van der Waals surface area contributed by atoms with Crippen molar-refractivity contribution >= 4 is 16.9 Å². The summed E-state index contributed by atoms with van der Waals surface area (Å²) in [6, 6.07) is 4.23. The largest absolute Gasteiger partial charge is 0.418 e. The Hall–Kier alpha value is -1.28. The highest BCUT2D eigenvalue weighted by atomic mass is 32.1. The number of alkyl halides is 3. The molecule has 5 heteroatoms. The lowest BCUT2D eigenvalue weighted by Gasteiger charge is -2.07. The molecule has 1 aromatic rings. The number of halogens is 3. The Morgan fingerprint density at radius 2 is 2.23 bits per heavy atom. The van der Waals surface area contributed by atoms with E-state index in [0.29, 0.717) is 6.08 Å². The summed E-state index contributed by atoms with van der Waals surface area (Å²) in [4.78, 5) is 0.0639. The van der Waals surface area contributed by atoms with E-state index in [2.05, 4.69) is 0 Å². The first-order valence-corrected chi connectivity index (χ1v) is 4.14. The van der Waals surface area contributed by atoms with Crippen LogP contribution < -0.4 is 0 Å². The monoisotopic (exact) mass is 203 g/mol. The maximum Gasteiger partial charge on any atom is 0.418 e. The van der Waals surface area contributed by atoms with Crippen molar-refractivity contribution in [3.8, 4) is 6.07 Å². The van der Waals surface area contributed by atoms with Crippen LogP contribution in [0.3, 0.4) is 0 Å². The van der Waals surface area contributed by atoms with Gasteiger partial charge in [0.25, 0.3) is 0 Å².